The number of nitrogens with zero attached hydrogens (tertiary/aromatic N) is 1. The molecular weight excluding hydrogens is 290 g/mol. The summed E-state index contributed by atoms with van der Waals surface area (Å²) in [6.07, 6.45) is 0. The Morgan fingerprint density at radius 3 is 2.32 bits per heavy atom. The lowest BCUT2D eigenvalue weighted by atomic mass is 10.2. The Morgan fingerprint density at radius 2 is 1.74 bits per heavy atom. The normalized spacial score (nSPS) is 10.3. The van der Waals surface area contributed by atoms with E-state index in [1.54, 1.807) is 12.1 Å². The van der Waals surface area contributed by atoms with Crippen molar-refractivity contribution in [3.63, 3.8) is 0 Å². The molecule has 0 aliphatic carbocycles. The van der Waals surface area contributed by atoms with E-state index >= 15 is 0 Å². The van der Waals surface area contributed by atoms with Crippen molar-refractivity contribution in [3.05, 3.63) is 63.6 Å². The molecule has 0 aliphatic rings. The zero-order chi connectivity index (χ0) is 13.8. The number of amides is 1. The first-order valence-electron chi connectivity index (χ1n) is 5.40. The maximum atomic E-state index is 12.7. The van der Waals surface area contributed by atoms with E-state index in [4.69, 9.17) is 23.2 Å². The van der Waals surface area contributed by atoms with Crippen LogP contribution in [0.15, 0.2) is 36.4 Å². The number of benzene rings is 1. The Kier molecular flexibility index (Phi) is 4.35. The van der Waals surface area contributed by atoms with Gasteiger partial charge in [-0.1, -0.05) is 35.3 Å². The van der Waals surface area contributed by atoms with E-state index in [9.17, 15) is 9.18 Å². The SMILES string of the molecule is O=C(NCc1ccc(F)cc1)c1cc(Cl)nc(Cl)c1. The minimum Gasteiger partial charge on any atom is -0.348 e. The van der Waals surface area contributed by atoms with Crippen LogP contribution >= 0.6 is 23.2 Å². The molecule has 0 spiro atoms. The Hall–Kier alpha value is -1.65. The highest BCUT2D eigenvalue weighted by atomic mass is 35.5. The molecule has 3 nitrogen and oxygen atoms in total. The van der Waals surface area contributed by atoms with E-state index in [0.717, 1.165) is 5.56 Å². The van der Waals surface area contributed by atoms with Gasteiger partial charge in [0.1, 0.15) is 16.1 Å². The number of pyridine rings is 1. The number of nitrogens with one attached hydrogen (secondary N) is 1. The van der Waals surface area contributed by atoms with Gasteiger partial charge in [-0.3, -0.25) is 4.79 Å². The molecule has 1 N–H and O–H groups in total. The lowest BCUT2D eigenvalue weighted by Gasteiger charge is -2.06. The van der Waals surface area contributed by atoms with Crippen LogP contribution in [-0.2, 0) is 6.54 Å². The molecule has 6 heteroatoms. The molecule has 2 aromatic rings. The molecule has 98 valence electrons. The standard InChI is InChI=1S/C13H9Cl2FN2O/c14-11-5-9(6-12(15)18-11)13(19)17-7-8-1-3-10(16)4-2-8/h1-6H,7H2,(H,17,19). The molecule has 0 fully saturated rings. The van der Waals surface area contributed by atoms with Gasteiger partial charge < -0.3 is 5.32 Å². The average Bonchev–Trinajstić information content (AvgIpc) is 2.36. The molecule has 1 aromatic heterocycles. The molecule has 1 aromatic carbocycles. The van der Waals surface area contributed by atoms with Gasteiger partial charge in [-0.15, -0.1) is 0 Å². The zero-order valence-electron chi connectivity index (χ0n) is 9.66. The third-order valence-corrected chi connectivity index (χ3v) is 2.78. The molecule has 0 bridgehead atoms. The summed E-state index contributed by atoms with van der Waals surface area (Å²) in [6.45, 7) is 0.288. The first kappa shape index (κ1) is 13.8. The van der Waals surface area contributed by atoms with Gasteiger partial charge in [-0.2, -0.15) is 0 Å². The van der Waals surface area contributed by atoms with Crippen LogP contribution in [0.1, 0.15) is 15.9 Å². The summed E-state index contributed by atoms with van der Waals surface area (Å²) in [5, 5.41) is 2.99. The number of carbonyl (C=O) groups is 1. The maximum Gasteiger partial charge on any atom is 0.251 e. The second-order valence-electron chi connectivity index (χ2n) is 3.81. The number of aromatic nitrogens is 1. The van der Waals surface area contributed by atoms with Crippen LogP contribution in [0.25, 0.3) is 0 Å². The molecular formula is C13H9Cl2FN2O. The third kappa shape index (κ3) is 3.91. The fourth-order valence-corrected chi connectivity index (χ4v) is 1.94. The maximum absolute atomic E-state index is 12.7. The molecule has 1 heterocycles. The third-order valence-electron chi connectivity index (χ3n) is 2.39. The molecule has 0 saturated heterocycles. The van der Waals surface area contributed by atoms with Crippen molar-refractivity contribution < 1.29 is 9.18 Å². The van der Waals surface area contributed by atoms with Crippen molar-refractivity contribution >= 4 is 29.1 Å². The molecule has 0 atom stereocenters. The molecule has 0 saturated carbocycles. The van der Waals surface area contributed by atoms with Crippen molar-refractivity contribution in [1.82, 2.24) is 10.3 Å². The van der Waals surface area contributed by atoms with Gasteiger partial charge in [0.2, 0.25) is 0 Å². The summed E-state index contributed by atoms with van der Waals surface area (Å²) in [5.74, 6) is -0.640. The highest BCUT2D eigenvalue weighted by Crippen LogP contribution is 2.14. The summed E-state index contributed by atoms with van der Waals surface area (Å²) >= 11 is 11.4. The van der Waals surface area contributed by atoms with Gasteiger partial charge in [-0.25, -0.2) is 9.37 Å². The fraction of sp³-hybridized carbons (Fsp3) is 0.0769. The quantitative estimate of drug-likeness (QED) is 0.882. The second-order valence-corrected chi connectivity index (χ2v) is 4.58. The van der Waals surface area contributed by atoms with Gasteiger partial charge in [0.15, 0.2) is 0 Å². The predicted octanol–water partition coefficient (Wildman–Crippen LogP) is 3.46. The highest BCUT2D eigenvalue weighted by Gasteiger charge is 2.08. The molecule has 19 heavy (non-hydrogen) atoms. The van der Waals surface area contributed by atoms with E-state index in [-0.39, 0.29) is 28.6 Å². The summed E-state index contributed by atoms with van der Waals surface area (Å²) < 4.78 is 12.7. The first-order chi connectivity index (χ1) is 9.04. The molecule has 0 unspecified atom stereocenters. The van der Waals surface area contributed by atoms with Crippen LogP contribution in [0, 0.1) is 5.82 Å². The number of carbonyl (C=O) groups excluding carboxylic acids is 1. The lowest BCUT2D eigenvalue weighted by Crippen LogP contribution is -2.22. The summed E-state index contributed by atoms with van der Waals surface area (Å²) in [5.41, 5.74) is 1.12. The van der Waals surface area contributed by atoms with Crippen LogP contribution in [0.4, 0.5) is 4.39 Å². The Labute approximate surface area is 119 Å². The minimum absolute atomic E-state index is 0.152. The largest absolute Gasteiger partial charge is 0.348 e. The Bertz CT molecular complexity index is 582. The number of halogens is 3. The monoisotopic (exact) mass is 298 g/mol. The van der Waals surface area contributed by atoms with Gasteiger partial charge in [-0.05, 0) is 29.8 Å². The van der Waals surface area contributed by atoms with Gasteiger partial charge >= 0.3 is 0 Å². The van der Waals surface area contributed by atoms with Crippen LogP contribution in [0.2, 0.25) is 10.3 Å². The number of rotatable bonds is 3. The van der Waals surface area contributed by atoms with Crippen LogP contribution in [-0.4, -0.2) is 10.9 Å². The van der Waals surface area contributed by atoms with Crippen molar-refractivity contribution in [3.8, 4) is 0 Å². The highest BCUT2D eigenvalue weighted by molar-refractivity contribution is 6.33. The fourth-order valence-electron chi connectivity index (χ4n) is 1.48. The number of hydrogen-bond acceptors (Lipinski definition) is 2. The summed E-state index contributed by atoms with van der Waals surface area (Å²) in [7, 11) is 0. The average molecular weight is 299 g/mol. The minimum atomic E-state index is -0.324. The molecule has 0 aliphatic heterocycles. The van der Waals surface area contributed by atoms with Gasteiger partial charge in [0, 0.05) is 12.1 Å². The molecule has 0 radical (unpaired) electrons. The van der Waals surface area contributed by atoms with Crippen LogP contribution < -0.4 is 5.32 Å². The second kappa shape index (κ2) is 5.99. The van der Waals surface area contributed by atoms with Crippen LogP contribution in [0.5, 0.6) is 0 Å². The lowest BCUT2D eigenvalue weighted by molar-refractivity contribution is 0.0951. The zero-order valence-corrected chi connectivity index (χ0v) is 11.2. The summed E-state index contributed by atoms with van der Waals surface area (Å²) in [4.78, 5) is 15.6. The first-order valence-corrected chi connectivity index (χ1v) is 6.16. The van der Waals surface area contributed by atoms with Crippen molar-refractivity contribution in [2.45, 2.75) is 6.54 Å². The Morgan fingerprint density at radius 1 is 1.16 bits per heavy atom. The van der Waals surface area contributed by atoms with Crippen molar-refractivity contribution in [2.24, 2.45) is 0 Å². The molecule has 2 rings (SSSR count). The Balaban J connectivity index is 2.03. The van der Waals surface area contributed by atoms with E-state index in [1.165, 1.54) is 24.3 Å². The predicted molar refractivity (Wildman–Crippen MR) is 71.8 cm³/mol. The van der Waals surface area contributed by atoms with E-state index in [2.05, 4.69) is 10.3 Å². The van der Waals surface area contributed by atoms with Crippen molar-refractivity contribution in [1.29, 1.82) is 0 Å². The number of hydrogen-bond donors (Lipinski definition) is 1. The summed E-state index contributed by atoms with van der Waals surface area (Å²) in [6, 6.07) is 8.72. The van der Waals surface area contributed by atoms with E-state index in [1.807, 2.05) is 0 Å². The van der Waals surface area contributed by atoms with Crippen LogP contribution in [0.3, 0.4) is 0 Å². The smallest absolute Gasteiger partial charge is 0.251 e. The van der Waals surface area contributed by atoms with E-state index in [0.29, 0.717) is 5.56 Å². The van der Waals surface area contributed by atoms with E-state index < -0.39 is 0 Å². The topological polar surface area (TPSA) is 42.0 Å². The molecule has 1 amide bonds. The van der Waals surface area contributed by atoms with Crippen molar-refractivity contribution in [2.75, 3.05) is 0 Å². The van der Waals surface area contributed by atoms with Gasteiger partial charge in [0.05, 0.1) is 0 Å². The van der Waals surface area contributed by atoms with Gasteiger partial charge in [0.25, 0.3) is 5.91 Å².